The number of hydrogen-bond donors (Lipinski definition) is 1. The van der Waals surface area contributed by atoms with Crippen LogP contribution >= 0.6 is 0 Å². The van der Waals surface area contributed by atoms with E-state index in [1.807, 2.05) is 0 Å². The van der Waals surface area contributed by atoms with E-state index < -0.39 is 12.0 Å². The molecule has 6 heteroatoms. The van der Waals surface area contributed by atoms with Crippen molar-refractivity contribution >= 4 is 11.9 Å². The second-order valence-electron chi connectivity index (χ2n) is 5.58. The minimum atomic E-state index is -1.18. The van der Waals surface area contributed by atoms with Gasteiger partial charge < -0.3 is 15.4 Å². The molecular weight excluding hydrogens is 258 g/mol. The number of rotatable bonds is 6. The number of hydrogen-bond acceptors (Lipinski definition) is 5. The summed E-state index contributed by atoms with van der Waals surface area (Å²) >= 11 is 0. The number of nitrogens with zero attached hydrogens (tertiary/aromatic N) is 2. The Bertz CT molecular complexity index is 326. The highest BCUT2D eigenvalue weighted by molar-refractivity contribution is 6.01. The summed E-state index contributed by atoms with van der Waals surface area (Å²) in [5.74, 6) is -0.279. The van der Waals surface area contributed by atoms with E-state index in [1.165, 1.54) is 0 Å². The largest absolute Gasteiger partial charge is 0.464 e. The fourth-order valence-electron chi connectivity index (χ4n) is 2.16. The molecule has 0 radical (unpaired) electrons. The van der Waals surface area contributed by atoms with Gasteiger partial charge in [0.1, 0.15) is 0 Å². The summed E-state index contributed by atoms with van der Waals surface area (Å²) in [5.41, 5.74) is 5.63. The van der Waals surface area contributed by atoms with E-state index in [9.17, 15) is 9.59 Å². The fraction of sp³-hybridized carbons (Fsp3) is 0.857. The van der Waals surface area contributed by atoms with Gasteiger partial charge >= 0.3 is 5.97 Å². The van der Waals surface area contributed by atoms with E-state index in [-0.39, 0.29) is 12.5 Å². The van der Waals surface area contributed by atoms with Gasteiger partial charge in [-0.3, -0.25) is 9.69 Å². The van der Waals surface area contributed by atoms with Crippen molar-refractivity contribution in [2.75, 3.05) is 39.3 Å². The number of nitrogens with two attached hydrogens (primary N) is 1. The fourth-order valence-corrected chi connectivity index (χ4v) is 2.16. The lowest BCUT2D eigenvalue weighted by molar-refractivity contribution is -0.151. The van der Waals surface area contributed by atoms with Crippen molar-refractivity contribution in [3.63, 3.8) is 0 Å². The van der Waals surface area contributed by atoms with Crippen LogP contribution in [0.1, 0.15) is 27.2 Å². The Morgan fingerprint density at radius 2 is 1.80 bits per heavy atom. The maximum atomic E-state index is 12.1. The summed E-state index contributed by atoms with van der Waals surface area (Å²) in [7, 11) is 0. The molecule has 0 aromatic heterocycles. The van der Waals surface area contributed by atoms with E-state index in [0.29, 0.717) is 19.0 Å². The Morgan fingerprint density at radius 1 is 1.20 bits per heavy atom. The van der Waals surface area contributed by atoms with Crippen LogP contribution in [0.3, 0.4) is 0 Å². The average Bonchev–Trinajstić information content (AvgIpc) is 2.44. The van der Waals surface area contributed by atoms with E-state index in [4.69, 9.17) is 10.5 Å². The Morgan fingerprint density at radius 3 is 2.30 bits per heavy atom. The number of carbonyl (C=O) groups is 2. The molecule has 20 heavy (non-hydrogen) atoms. The first-order valence-corrected chi connectivity index (χ1v) is 7.39. The summed E-state index contributed by atoms with van der Waals surface area (Å²) in [6, 6.07) is -1.18. The minimum Gasteiger partial charge on any atom is -0.464 e. The molecule has 1 aliphatic heterocycles. The Hall–Kier alpha value is -1.14. The molecule has 0 spiro atoms. The van der Waals surface area contributed by atoms with Crippen LogP contribution in [0.2, 0.25) is 0 Å². The lowest BCUT2D eigenvalue weighted by Gasteiger charge is -2.35. The third-order valence-electron chi connectivity index (χ3n) is 3.51. The molecule has 0 bridgehead atoms. The van der Waals surface area contributed by atoms with Gasteiger partial charge in [0.05, 0.1) is 6.61 Å². The first-order valence-electron chi connectivity index (χ1n) is 7.39. The molecule has 1 rings (SSSR count). The highest BCUT2D eigenvalue weighted by atomic mass is 16.5. The lowest BCUT2D eigenvalue weighted by atomic mass is 10.1. The summed E-state index contributed by atoms with van der Waals surface area (Å²) in [6.07, 6.45) is 1.16. The van der Waals surface area contributed by atoms with E-state index >= 15 is 0 Å². The third-order valence-corrected chi connectivity index (χ3v) is 3.51. The van der Waals surface area contributed by atoms with Gasteiger partial charge in [-0.05, 0) is 25.8 Å². The van der Waals surface area contributed by atoms with Crippen molar-refractivity contribution in [3.05, 3.63) is 0 Å². The number of esters is 1. The Labute approximate surface area is 121 Å². The van der Waals surface area contributed by atoms with Crippen LogP contribution in [-0.4, -0.2) is 67.0 Å². The Balaban J connectivity index is 2.37. The van der Waals surface area contributed by atoms with Crippen molar-refractivity contribution in [1.82, 2.24) is 9.80 Å². The van der Waals surface area contributed by atoms with Crippen molar-refractivity contribution in [2.24, 2.45) is 11.7 Å². The van der Waals surface area contributed by atoms with Crippen molar-refractivity contribution in [2.45, 2.75) is 33.2 Å². The molecule has 1 unspecified atom stereocenters. The van der Waals surface area contributed by atoms with Gasteiger partial charge in [0.2, 0.25) is 0 Å². The smallest absolute Gasteiger partial charge is 0.332 e. The molecule has 1 saturated heterocycles. The second-order valence-corrected chi connectivity index (χ2v) is 5.58. The number of carbonyl (C=O) groups excluding carboxylic acids is 2. The molecule has 1 heterocycles. The molecule has 1 aliphatic rings. The molecule has 1 amide bonds. The zero-order chi connectivity index (χ0) is 15.1. The van der Waals surface area contributed by atoms with E-state index in [0.717, 1.165) is 26.1 Å². The molecule has 1 fully saturated rings. The average molecular weight is 285 g/mol. The molecular formula is C14H27N3O3. The predicted molar refractivity (Wildman–Crippen MR) is 77.1 cm³/mol. The SMILES string of the molecule is CCOC(=O)C(N)C(=O)N1CCN(CCC(C)C)CC1. The molecule has 0 aromatic carbocycles. The van der Waals surface area contributed by atoms with Crippen LogP contribution < -0.4 is 5.73 Å². The highest BCUT2D eigenvalue weighted by Crippen LogP contribution is 2.07. The summed E-state index contributed by atoms with van der Waals surface area (Å²) in [5, 5.41) is 0. The van der Waals surface area contributed by atoms with Crippen molar-refractivity contribution in [3.8, 4) is 0 Å². The molecule has 0 saturated carbocycles. The lowest BCUT2D eigenvalue weighted by Crippen LogP contribution is -2.55. The highest BCUT2D eigenvalue weighted by Gasteiger charge is 2.30. The quantitative estimate of drug-likeness (QED) is 0.552. The number of piperazine rings is 1. The van der Waals surface area contributed by atoms with Gasteiger partial charge in [0.25, 0.3) is 5.91 Å². The van der Waals surface area contributed by atoms with Gasteiger partial charge in [-0.15, -0.1) is 0 Å². The number of amides is 1. The minimum absolute atomic E-state index is 0.239. The summed E-state index contributed by atoms with van der Waals surface area (Å²) in [6.45, 7) is 10.3. The molecule has 0 aromatic rings. The summed E-state index contributed by atoms with van der Waals surface area (Å²) < 4.78 is 4.78. The van der Waals surface area contributed by atoms with Crippen LogP contribution in [0.15, 0.2) is 0 Å². The van der Waals surface area contributed by atoms with Gasteiger partial charge in [0, 0.05) is 26.2 Å². The summed E-state index contributed by atoms with van der Waals surface area (Å²) in [4.78, 5) is 27.5. The van der Waals surface area contributed by atoms with Crippen LogP contribution in [0.4, 0.5) is 0 Å². The second kappa shape index (κ2) is 8.21. The van der Waals surface area contributed by atoms with Crippen LogP contribution in [0.25, 0.3) is 0 Å². The van der Waals surface area contributed by atoms with Gasteiger partial charge in [-0.25, -0.2) is 4.79 Å². The van der Waals surface area contributed by atoms with Crippen LogP contribution in [-0.2, 0) is 14.3 Å². The van der Waals surface area contributed by atoms with Crippen molar-refractivity contribution in [1.29, 1.82) is 0 Å². The van der Waals surface area contributed by atoms with E-state index in [2.05, 4.69) is 18.7 Å². The molecule has 116 valence electrons. The van der Waals surface area contributed by atoms with Crippen molar-refractivity contribution < 1.29 is 14.3 Å². The zero-order valence-electron chi connectivity index (χ0n) is 12.8. The number of ether oxygens (including phenoxy) is 1. The predicted octanol–water partition coefficient (Wildman–Crippen LogP) is 0.0671. The first kappa shape index (κ1) is 16.9. The van der Waals surface area contributed by atoms with Crippen LogP contribution in [0, 0.1) is 5.92 Å². The first-order chi connectivity index (χ1) is 9.45. The zero-order valence-corrected chi connectivity index (χ0v) is 12.8. The monoisotopic (exact) mass is 285 g/mol. The Kier molecular flexibility index (Phi) is 6.95. The third kappa shape index (κ3) is 5.09. The van der Waals surface area contributed by atoms with Crippen LogP contribution in [0.5, 0.6) is 0 Å². The van der Waals surface area contributed by atoms with Gasteiger partial charge in [0.15, 0.2) is 6.04 Å². The maximum absolute atomic E-state index is 12.1. The molecule has 6 nitrogen and oxygen atoms in total. The van der Waals surface area contributed by atoms with Gasteiger partial charge in [-0.1, -0.05) is 13.8 Å². The molecule has 0 aliphatic carbocycles. The standard InChI is InChI=1S/C14H27N3O3/c1-4-20-14(19)12(15)13(18)17-9-7-16(8-10-17)6-5-11(2)3/h11-12H,4-10,15H2,1-3H3. The molecule has 1 atom stereocenters. The van der Waals surface area contributed by atoms with Gasteiger partial charge in [-0.2, -0.15) is 0 Å². The maximum Gasteiger partial charge on any atom is 0.332 e. The normalized spacial score (nSPS) is 18.1. The topological polar surface area (TPSA) is 75.9 Å². The van der Waals surface area contributed by atoms with E-state index in [1.54, 1.807) is 11.8 Å². The molecule has 2 N–H and O–H groups in total.